The van der Waals surface area contributed by atoms with E-state index in [-0.39, 0.29) is 0 Å². The van der Waals surface area contributed by atoms with Gasteiger partial charge in [0.05, 0.1) is 0 Å². The topological polar surface area (TPSA) is 0 Å². The van der Waals surface area contributed by atoms with Gasteiger partial charge in [0.1, 0.15) is 0 Å². The quantitative estimate of drug-likeness (QED) is 0.402. The van der Waals surface area contributed by atoms with Gasteiger partial charge in [-0.15, -0.1) is 0 Å². The van der Waals surface area contributed by atoms with Crippen molar-refractivity contribution in [2.24, 2.45) is 23.7 Å². The standard InChI is InChI=1S/C23H40/c1-3-5-6-9-21-16-18-23(19-17-21)11-8-7-10-22-14-12-20(4-2)13-15-22/h6-9,20-23H,3-5,10-19H2,1-2H3/t20-,21-,22-,23-. The summed E-state index contributed by atoms with van der Waals surface area (Å²) in [5.74, 6) is 3.89. The first kappa shape index (κ1) is 18.8. The fraction of sp³-hybridized carbons (Fsp3) is 0.826. The first-order valence-electron chi connectivity index (χ1n) is 10.6. The highest BCUT2D eigenvalue weighted by Gasteiger charge is 2.20. The van der Waals surface area contributed by atoms with Crippen LogP contribution >= 0.6 is 0 Å². The lowest BCUT2D eigenvalue weighted by atomic mass is 9.79. The summed E-state index contributed by atoms with van der Waals surface area (Å²) < 4.78 is 0. The van der Waals surface area contributed by atoms with E-state index in [0.29, 0.717) is 0 Å². The molecule has 0 spiro atoms. The van der Waals surface area contributed by atoms with Gasteiger partial charge in [-0.3, -0.25) is 0 Å². The number of rotatable bonds is 8. The molecular formula is C23H40. The lowest BCUT2D eigenvalue weighted by molar-refractivity contribution is 0.270. The first-order chi connectivity index (χ1) is 11.3. The van der Waals surface area contributed by atoms with Crippen LogP contribution < -0.4 is 0 Å². The summed E-state index contributed by atoms with van der Waals surface area (Å²) in [5.41, 5.74) is 0. The van der Waals surface area contributed by atoms with E-state index in [2.05, 4.69) is 38.2 Å². The number of hydrogen-bond donors (Lipinski definition) is 0. The zero-order valence-corrected chi connectivity index (χ0v) is 15.8. The molecule has 0 atom stereocenters. The molecule has 0 aromatic heterocycles. The van der Waals surface area contributed by atoms with E-state index in [0.717, 1.165) is 23.7 Å². The average molecular weight is 317 g/mol. The first-order valence-corrected chi connectivity index (χ1v) is 10.6. The smallest absolute Gasteiger partial charge is 0.0233 e. The summed E-state index contributed by atoms with van der Waals surface area (Å²) in [6, 6.07) is 0. The van der Waals surface area contributed by atoms with Crippen molar-refractivity contribution in [1.82, 2.24) is 0 Å². The Labute approximate surface area is 145 Å². The average Bonchev–Trinajstić information content (AvgIpc) is 2.61. The lowest BCUT2D eigenvalue weighted by Gasteiger charge is -2.27. The van der Waals surface area contributed by atoms with E-state index in [9.17, 15) is 0 Å². The van der Waals surface area contributed by atoms with Crippen LogP contribution in [0, 0.1) is 23.7 Å². The van der Waals surface area contributed by atoms with Crippen molar-refractivity contribution >= 4 is 0 Å². The monoisotopic (exact) mass is 316 g/mol. The molecule has 23 heavy (non-hydrogen) atoms. The Morgan fingerprint density at radius 3 is 1.70 bits per heavy atom. The molecule has 2 rings (SSSR count). The Kier molecular flexibility index (Phi) is 9.09. The van der Waals surface area contributed by atoms with Crippen molar-refractivity contribution < 1.29 is 0 Å². The van der Waals surface area contributed by atoms with Crippen LogP contribution in [0.3, 0.4) is 0 Å². The molecule has 0 bridgehead atoms. The Morgan fingerprint density at radius 1 is 0.652 bits per heavy atom. The second-order valence-corrected chi connectivity index (χ2v) is 8.24. The molecule has 0 amide bonds. The van der Waals surface area contributed by atoms with Crippen molar-refractivity contribution in [1.29, 1.82) is 0 Å². The van der Waals surface area contributed by atoms with Gasteiger partial charge < -0.3 is 0 Å². The predicted molar refractivity (Wildman–Crippen MR) is 104 cm³/mol. The molecule has 0 aliphatic heterocycles. The van der Waals surface area contributed by atoms with Crippen molar-refractivity contribution in [2.75, 3.05) is 0 Å². The molecule has 0 aromatic carbocycles. The SMILES string of the molecule is CCCC=C[C@H]1CC[C@H](CC=CC[C@H]2CC[C@H](CC)CC2)CC1. The molecular weight excluding hydrogens is 276 g/mol. The molecule has 0 saturated heterocycles. The van der Waals surface area contributed by atoms with E-state index < -0.39 is 0 Å². The van der Waals surface area contributed by atoms with Crippen molar-refractivity contribution in [3.05, 3.63) is 24.3 Å². The van der Waals surface area contributed by atoms with Crippen LogP contribution in [0.1, 0.15) is 97.3 Å². The third-order valence-electron chi connectivity index (χ3n) is 6.40. The highest BCUT2D eigenvalue weighted by atomic mass is 14.3. The zero-order chi connectivity index (χ0) is 16.3. The lowest BCUT2D eigenvalue weighted by Crippen LogP contribution is -2.13. The third kappa shape index (κ3) is 7.27. The van der Waals surface area contributed by atoms with Crippen molar-refractivity contribution in [3.63, 3.8) is 0 Å². The van der Waals surface area contributed by atoms with Gasteiger partial charge in [-0.25, -0.2) is 0 Å². The molecule has 2 aliphatic carbocycles. The number of allylic oxidation sites excluding steroid dienone is 4. The second kappa shape index (κ2) is 11.1. The molecule has 0 radical (unpaired) electrons. The van der Waals surface area contributed by atoms with Crippen LogP contribution in [0.15, 0.2) is 24.3 Å². The van der Waals surface area contributed by atoms with Crippen LogP contribution in [0.5, 0.6) is 0 Å². The van der Waals surface area contributed by atoms with Gasteiger partial charge in [-0.2, -0.15) is 0 Å². The maximum Gasteiger partial charge on any atom is -0.0233 e. The Morgan fingerprint density at radius 2 is 1.17 bits per heavy atom. The summed E-state index contributed by atoms with van der Waals surface area (Å²) in [7, 11) is 0. The summed E-state index contributed by atoms with van der Waals surface area (Å²) in [6.45, 7) is 4.63. The van der Waals surface area contributed by atoms with Gasteiger partial charge in [-0.05, 0) is 81.5 Å². The van der Waals surface area contributed by atoms with Crippen molar-refractivity contribution in [3.8, 4) is 0 Å². The molecule has 2 aliphatic rings. The number of unbranched alkanes of at least 4 members (excludes halogenated alkanes) is 1. The number of hydrogen-bond acceptors (Lipinski definition) is 0. The van der Waals surface area contributed by atoms with E-state index in [4.69, 9.17) is 0 Å². The molecule has 2 saturated carbocycles. The molecule has 2 fully saturated rings. The highest BCUT2D eigenvalue weighted by molar-refractivity contribution is 4.93. The molecule has 0 unspecified atom stereocenters. The third-order valence-corrected chi connectivity index (χ3v) is 6.40. The summed E-state index contributed by atoms with van der Waals surface area (Å²) in [4.78, 5) is 0. The van der Waals surface area contributed by atoms with E-state index in [1.807, 2.05) is 0 Å². The van der Waals surface area contributed by atoms with E-state index in [1.165, 1.54) is 83.5 Å². The molecule has 0 N–H and O–H groups in total. The molecule has 0 aromatic rings. The maximum absolute atomic E-state index is 2.52. The predicted octanol–water partition coefficient (Wildman–Crippen LogP) is 7.70. The summed E-state index contributed by atoms with van der Waals surface area (Å²) >= 11 is 0. The van der Waals surface area contributed by atoms with Gasteiger partial charge in [-0.1, -0.05) is 63.8 Å². The maximum atomic E-state index is 2.52. The molecule has 0 heteroatoms. The van der Waals surface area contributed by atoms with Gasteiger partial charge in [0.2, 0.25) is 0 Å². The molecule has 0 nitrogen and oxygen atoms in total. The van der Waals surface area contributed by atoms with Crippen LogP contribution in [0.4, 0.5) is 0 Å². The van der Waals surface area contributed by atoms with Gasteiger partial charge in [0, 0.05) is 0 Å². The van der Waals surface area contributed by atoms with Gasteiger partial charge in [0.25, 0.3) is 0 Å². The van der Waals surface area contributed by atoms with Gasteiger partial charge >= 0.3 is 0 Å². The summed E-state index contributed by atoms with van der Waals surface area (Å²) in [5, 5.41) is 0. The normalized spacial score (nSPS) is 32.8. The Hall–Kier alpha value is -0.520. The fourth-order valence-electron chi connectivity index (χ4n) is 4.52. The largest absolute Gasteiger partial charge is 0.0883 e. The van der Waals surface area contributed by atoms with Crippen LogP contribution in [-0.2, 0) is 0 Å². The Bertz CT molecular complexity index is 335. The van der Waals surface area contributed by atoms with Crippen LogP contribution in [0.2, 0.25) is 0 Å². The minimum absolute atomic E-state index is 0.885. The van der Waals surface area contributed by atoms with E-state index >= 15 is 0 Å². The minimum atomic E-state index is 0.885. The fourth-order valence-corrected chi connectivity index (χ4v) is 4.52. The highest BCUT2D eigenvalue weighted by Crippen LogP contribution is 2.34. The Balaban J connectivity index is 1.55. The van der Waals surface area contributed by atoms with Crippen molar-refractivity contribution in [2.45, 2.75) is 97.3 Å². The molecule has 0 heterocycles. The van der Waals surface area contributed by atoms with Crippen LogP contribution in [0.25, 0.3) is 0 Å². The minimum Gasteiger partial charge on any atom is -0.0883 e. The zero-order valence-electron chi connectivity index (χ0n) is 15.8. The second-order valence-electron chi connectivity index (χ2n) is 8.24. The van der Waals surface area contributed by atoms with Crippen LogP contribution in [-0.4, -0.2) is 0 Å². The van der Waals surface area contributed by atoms with E-state index in [1.54, 1.807) is 0 Å². The summed E-state index contributed by atoms with van der Waals surface area (Å²) in [6.07, 6.45) is 28.3. The molecule has 132 valence electrons. The van der Waals surface area contributed by atoms with Gasteiger partial charge in [0.15, 0.2) is 0 Å².